The first kappa shape index (κ1) is 15.2. The molecule has 1 unspecified atom stereocenters. The van der Waals surface area contributed by atoms with Crippen molar-refractivity contribution in [3.8, 4) is 11.5 Å². The molecule has 0 radical (unpaired) electrons. The summed E-state index contributed by atoms with van der Waals surface area (Å²) in [6.07, 6.45) is 0. The second-order valence-electron chi connectivity index (χ2n) is 6.18. The van der Waals surface area contributed by atoms with Gasteiger partial charge in [0.2, 0.25) is 11.8 Å². The summed E-state index contributed by atoms with van der Waals surface area (Å²) in [5.41, 5.74) is 0.138. The van der Waals surface area contributed by atoms with Crippen LogP contribution in [0.2, 0.25) is 0 Å². The molecule has 1 aliphatic heterocycles. The Morgan fingerprint density at radius 2 is 1.81 bits per heavy atom. The van der Waals surface area contributed by atoms with E-state index in [1.54, 1.807) is 12.1 Å². The molecule has 3 N–H and O–H groups in total. The van der Waals surface area contributed by atoms with Crippen molar-refractivity contribution in [1.82, 2.24) is 10.6 Å². The van der Waals surface area contributed by atoms with Crippen LogP contribution in [0.4, 0.5) is 0 Å². The summed E-state index contributed by atoms with van der Waals surface area (Å²) in [7, 11) is 1.44. The summed E-state index contributed by atoms with van der Waals surface area (Å²) in [5, 5.41) is 15.2. The zero-order chi connectivity index (χ0) is 15.8. The van der Waals surface area contributed by atoms with Crippen LogP contribution in [0.15, 0.2) is 18.2 Å². The van der Waals surface area contributed by atoms with Gasteiger partial charge in [-0.2, -0.15) is 0 Å². The molecule has 0 spiro atoms. The van der Waals surface area contributed by atoms with E-state index in [1.165, 1.54) is 13.2 Å². The molecule has 2 amide bonds. The van der Waals surface area contributed by atoms with Crippen LogP contribution < -0.4 is 15.4 Å². The van der Waals surface area contributed by atoms with Crippen molar-refractivity contribution >= 4 is 11.8 Å². The van der Waals surface area contributed by atoms with Crippen molar-refractivity contribution in [1.29, 1.82) is 0 Å². The molecule has 1 aliphatic rings. The van der Waals surface area contributed by atoms with E-state index in [0.717, 1.165) is 0 Å². The Morgan fingerprint density at radius 3 is 2.33 bits per heavy atom. The van der Waals surface area contributed by atoms with Crippen LogP contribution >= 0.6 is 0 Å². The molecule has 1 aromatic carbocycles. The molecule has 114 valence electrons. The number of methoxy groups -OCH3 is 1. The van der Waals surface area contributed by atoms with Gasteiger partial charge in [-0.25, -0.2) is 0 Å². The van der Waals surface area contributed by atoms with Gasteiger partial charge in [0.25, 0.3) is 0 Å². The standard InChI is InChI=1S/C15H20N2O4/c1-15(2,3)12-14(20)16-11(13(19)17-12)8-5-6-10(21-4)9(18)7-8/h5-7,11-12,18H,1-4H3,(H,16,20)(H,17,19)/t11?,12-/m1/s1. The number of phenolic OH excluding ortho intramolecular Hbond substituents is 1. The first-order chi connectivity index (χ1) is 9.74. The molecular formula is C15H20N2O4. The largest absolute Gasteiger partial charge is 0.504 e. The Bertz CT molecular complexity index is 578. The third-order valence-corrected chi connectivity index (χ3v) is 3.50. The molecule has 1 aromatic rings. The first-order valence-electron chi connectivity index (χ1n) is 6.71. The van der Waals surface area contributed by atoms with Gasteiger partial charge >= 0.3 is 0 Å². The highest BCUT2D eigenvalue weighted by atomic mass is 16.5. The molecule has 2 rings (SSSR count). The van der Waals surface area contributed by atoms with Crippen LogP contribution in [0.25, 0.3) is 0 Å². The molecular weight excluding hydrogens is 272 g/mol. The number of aromatic hydroxyl groups is 1. The van der Waals surface area contributed by atoms with Gasteiger partial charge in [0, 0.05) is 0 Å². The Morgan fingerprint density at radius 1 is 1.14 bits per heavy atom. The SMILES string of the molecule is COc1ccc(C2NC(=O)[C@H](C(C)(C)C)NC2=O)cc1O. The fourth-order valence-electron chi connectivity index (χ4n) is 2.31. The van der Waals surface area contributed by atoms with E-state index in [9.17, 15) is 14.7 Å². The van der Waals surface area contributed by atoms with Crippen LogP contribution in [-0.2, 0) is 9.59 Å². The third-order valence-electron chi connectivity index (χ3n) is 3.50. The highest BCUT2D eigenvalue weighted by Gasteiger charge is 2.40. The van der Waals surface area contributed by atoms with Crippen molar-refractivity contribution in [2.45, 2.75) is 32.9 Å². The Balaban J connectivity index is 2.25. The first-order valence-corrected chi connectivity index (χ1v) is 6.71. The fourth-order valence-corrected chi connectivity index (χ4v) is 2.31. The number of hydrogen-bond acceptors (Lipinski definition) is 4. The maximum absolute atomic E-state index is 12.2. The molecule has 6 nitrogen and oxygen atoms in total. The van der Waals surface area contributed by atoms with Crippen LogP contribution in [0.5, 0.6) is 11.5 Å². The highest BCUT2D eigenvalue weighted by molar-refractivity contribution is 5.98. The lowest BCUT2D eigenvalue weighted by molar-refractivity contribution is -0.139. The fraction of sp³-hybridized carbons (Fsp3) is 0.467. The molecule has 0 saturated carbocycles. The van der Waals surface area contributed by atoms with Gasteiger partial charge in [0.05, 0.1) is 7.11 Å². The lowest BCUT2D eigenvalue weighted by Gasteiger charge is -2.36. The second-order valence-corrected chi connectivity index (χ2v) is 6.18. The van der Waals surface area contributed by atoms with E-state index in [0.29, 0.717) is 11.3 Å². The smallest absolute Gasteiger partial charge is 0.247 e. The van der Waals surface area contributed by atoms with Crippen LogP contribution in [0.3, 0.4) is 0 Å². The topological polar surface area (TPSA) is 87.7 Å². The lowest BCUT2D eigenvalue weighted by atomic mass is 9.84. The number of hydrogen-bond donors (Lipinski definition) is 3. The zero-order valence-electron chi connectivity index (χ0n) is 12.6. The summed E-state index contributed by atoms with van der Waals surface area (Å²) in [5.74, 6) is -0.287. The maximum atomic E-state index is 12.2. The molecule has 1 fully saturated rings. The van der Waals surface area contributed by atoms with Crippen molar-refractivity contribution < 1.29 is 19.4 Å². The van der Waals surface area contributed by atoms with Crippen LogP contribution in [0.1, 0.15) is 32.4 Å². The van der Waals surface area contributed by atoms with Gasteiger partial charge in [-0.05, 0) is 23.1 Å². The molecule has 1 heterocycles. The number of amides is 2. The molecule has 0 bridgehead atoms. The number of nitrogens with one attached hydrogen (secondary N) is 2. The van der Waals surface area contributed by atoms with Gasteiger partial charge < -0.3 is 20.5 Å². The van der Waals surface area contributed by atoms with E-state index in [4.69, 9.17) is 4.74 Å². The summed E-state index contributed by atoms with van der Waals surface area (Å²) >= 11 is 0. The summed E-state index contributed by atoms with van der Waals surface area (Å²) in [6.45, 7) is 5.66. The van der Waals surface area contributed by atoms with Gasteiger partial charge in [-0.1, -0.05) is 26.8 Å². The minimum absolute atomic E-state index is 0.0741. The monoisotopic (exact) mass is 292 g/mol. The van der Waals surface area contributed by atoms with Crippen molar-refractivity contribution in [3.63, 3.8) is 0 Å². The van der Waals surface area contributed by atoms with Crippen LogP contribution in [0, 0.1) is 5.41 Å². The average molecular weight is 292 g/mol. The molecule has 6 heteroatoms. The van der Waals surface area contributed by atoms with Crippen LogP contribution in [-0.4, -0.2) is 30.1 Å². The number of benzene rings is 1. The van der Waals surface area contributed by atoms with E-state index in [1.807, 2.05) is 20.8 Å². The Kier molecular flexibility index (Phi) is 3.80. The van der Waals surface area contributed by atoms with E-state index < -0.39 is 12.1 Å². The van der Waals surface area contributed by atoms with E-state index in [2.05, 4.69) is 10.6 Å². The lowest BCUT2D eigenvalue weighted by Crippen LogP contribution is -2.61. The number of ether oxygens (including phenoxy) is 1. The quantitative estimate of drug-likeness (QED) is 0.762. The van der Waals surface area contributed by atoms with E-state index in [-0.39, 0.29) is 23.0 Å². The highest BCUT2D eigenvalue weighted by Crippen LogP contribution is 2.31. The van der Waals surface area contributed by atoms with Crippen molar-refractivity contribution in [2.75, 3.05) is 7.11 Å². The second kappa shape index (κ2) is 5.27. The number of rotatable bonds is 2. The predicted octanol–water partition coefficient (Wildman–Crippen LogP) is 1.10. The number of carbonyl (C=O) groups is 2. The van der Waals surface area contributed by atoms with E-state index >= 15 is 0 Å². The predicted molar refractivity (Wildman–Crippen MR) is 76.9 cm³/mol. The number of piperazine rings is 1. The zero-order valence-corrected chi connectivity index (χ0v) is 12.6. The number of carbonyl (C=O) groups excluding carboxylic acids is 2. The molecule has 0 aliphatic carbocycles. The summed E-state index contributed by atoms with van der Waals surface area (Å²) in [4.78, 5) is 24.4. The number of phenols is 1. The third kappa shape index (κ3) is 2.94. The summed E-state index contributed by atoms with van der Waals surface area (Å²) < 4.78 is 4.96. The molecule has 2 atom stereocenters. The minimum atomic E-state index is -0.812. The van der Waals surface area contributed by atoms with Gasteiger partial charge in [0.1, 0.15) is 12.1 Å². The molecule has 1 saturated heterocycles. The normalized spacial score (nSPS) is 22.5. The van der Waals surface area contributed by atoms with Gasteiger partial charge in [-0.15, -0.1) is 0 Å². The Labute approximate surface area is 123 Å². The van der Waals surface area contributed by atoms with Crippen molar-refractivity contribution in [3.05, 3.63) is 23.8 Å². The Hall–Kier alpha value is -2.24. The summed E-state index contributed by atoms with van der Waals surface area (Å²) in [6, 6.07) is 3.22. The van der Waals surface area contributed by atoms with Gasteiger partial charge in [0.15, 0.2) is 11.5 Å². The minimum Gasteiger partial charge on any atom is -0.504 e. The maximum Gasteiger partial charge on any atom is 0.247 e. The molecule has 0 aromatic heterocycles. The van der Waals surface area contributed by atoms with Crippen molar-refractivity contribution in [2.24, 2.45) is 5.41 Å². The van der Waals surface area contributed by atoms with Gasteiger partial charge in [-0.3, -0.25) is 9.59 Å². The molecule has 21 heavy (non-hydrogen) atoms. The average Bonchev–Trinajstić information content (AvgIpc) is 2.39.